The van der Waals surface area contributed by atoms with Crippen LogP contribution in [0, 0.1) is 10.1 Å². The summed E-state index contributed by atoms with van der Waals surface area (Å²) in [5, 5.41) is 14.5. The Morgan fingerprint density at radius 3 is 2.55 bits per heavy atom. The maximum Gasteiger partial charge on any atom is 0.269 e. The van der Waals surface area contributed by atoms with Crippen LogP contribution in [0.4, 0.5) is 5.69 Å². The van der Waals surface area contributed by atoms with Gasteiger partial charge in [-0.15, -0.1) is 0 Å². The van der Waals surface area contributed by atoms with E-state index < -0.39 is 17.0 Å². The number of hydrogen-bond acceptors (Lipinski definition) is 4. The number of non-ortho nitro benzene ring substituents is 1. The lowest BCUT2D eigenvalue weighted by Crippen LogP contribution is -2.46. The van der Waals surface area contributed by atoms with Crippen LogP contribution in [0.5, 0.6) is 0 Å². The number of nitrogens with one attached hydrogen (secondary N) is 1. The first-order valence-electron chi connectivity index (χ1n) is 9.08. The zero-order chi connectivity index (χ0) is 21.1. The molecule has 3 rings (SSSR count). The second-order valence-electron chi connectivity index (χ2n) is 6.90. The summed E-state index contributed by atoms with van der Waals surface area (Å²) in [6.07, 6.45) is 1.23. The summed E-state index contributed by atoms with van der Waals surface area (Å²) in [5.41, 5.74) is 0.901. The number of carbonyl (C=O) groups is 2. The van der Waals surface area contributed by atoms with Crippen LogP contribution in [0.1, 0.15) is 41.7 Å². The third-order valence-electron chi connectivity index (χ3n) is 4.87. The van der Waals surface area contributed by atoms with Gasteiger partial charge in [0.25, 0.3) is 11.6 Å². The zero-order valence-electron chi connectivity index (χ0n) is 15.6. The van der Waals surface area contributed by atoms with Crippen LogP contribution in [0.2, 0.25) is 10.0 Å². The standard InChI is InChI=1S/C20H19Cl2N3O4/c1-12(13-4-2-5-17(10-13)25(28)29)23-19(26)18-6-3-7-24(18)20(27)14-8-15(21)11-16(22)9-14/h2,4-5,8-12,18H,3,6-7H2,1H3,(H,23,26). The first-order valence-corrected chi connectivity index (χ1v) is 9.83. The van der Waals surface area contributed by atoms with Crippen LogP contribution >= 0.6 is 23.2 Å². The number of halogens is 2. The predicted octanol–water partition coefficient (Wildman–Crippen LogP) is 4.38. The van der Waals surface area contributed by atoms with E-state index in [1.807, 2.05) is 0 Å². The van der Waals surface area contributed by atoms with Crippen molar-refractivity contribution in [2.45, 2.75) is 31.8 Å². The Morgan fingerprint density at radius 2 is 1.90 bits per heavy atom. The van der Waals surface area contributed by atoms with E-state index in [2.05, 4.69) is 5.32 Å². The molecule has 7 nitrogen and oxygen atoms in total. The van der Waals surface area contributed by atoms with Gasteiger partial charge in [0, 0.05) is 34.3 Å². The second kappa shape index (κ2) is 8.80. The van der Waals surface area contributed by atoms with E-state index >= 15 is 0 Å². The molecule has 9 heteroatoms. The Hall–Kier alpha value is -2.64. The zero-order valence-corrected chi connectivity index (χ0v) is 17.1. The van der Waals surface area contributed by atoms with Crippen LogP contribution in [0.15, 0.2) is 42.5 Å². The Labute approximate surface area is 177 Å². The quantitative estimate of drug-likeness (QED) is 0.556. The number of rotatable bonds is 5. The lowest BCUT2D eigenvalue weighted by atomic mass is 10.1. The van der Waals surface area contributed by atoms with Gasteiger partial charge in [0.15, 0.2) is 0 Å². The van der Waals surface area contributed by atoms with Crippen LogP contribution in [-0.2, 0) is 4.79 Å². The molecule has 0 saturated carbocycles. The van der Waals surface area contributed by atoms with Gasteiger partial charge < -0.3 is 10.2 Å². The summed E-state index contributed by atoms with van der Waals surface area (Å²) in [5.74, 6) is -0.613. The molecule has 1 aliphatic rings. The molecular weight excluding hydrogens is 417 g/mol. The summed E-state index contributed by atoms with van der Waals surface area (Å²) in [6.45, 7) is 2.20. The molecule has 152 valence electrons. The highest BCUT2D eigenvalue weighted by atomic mass is 35.5. The molecule has 0 aromatic heterocycles. The fourth-order valence-electron chi connectivity index (χ4n) is 3.43. The lowest BCUT2D eigenvalue weighted by Gasteiger charge is -2.26. The number of carbonyl (C=O) groups excluding carboxylic acids is 2. The monoisotopic (exact) mass is 435 g/mol. The molecule has 1 fully saturated rings. The van der Waals surface area contributed by atoms with E-state index in [-0.39, 0.29) is 17.5 Å². The maximum absolute atomic E-state index is 12.9. The van der Waals surface area contributed by atoms with Crippen molar-refractivity contribution in [3.05, 3.63) is 73.8 Å². The molecule has 2 aromatic rings. The van der Waals surface area contributed by atoms with Crippen molar-refractivity contribution >= 4 is 40.7 Å². The number of likely N-dealkylation sites (tertiary alicyclic amines) is 1. The predicted molar refractivity (Wildman–Crippen MR) is 110 cm³/mol. The van der Waals surface area contributed by atoms with Crippen molar-refractivity contribution in [3.8, 4) is 0 Å². The molecular formula is C20H19Cl2N3O4. The number of amides is 2. The van der Waals surface area contributed by atoms with E-state index in [9.17, 15) is 19.7 Å². The first-order chi connectivity index (χ1) is 13.8. The number of nitro groups is 1. The van der Waals surface area contributed by atoms with Gasteiger partial charge in [0.2, 0.25) is 5.91 Å². The highest BCUT2D eigenvalue weighted by Crippen LogP contribution is 2.25. The Balaban J connectivity index is 1.73. The third-order valence-corrected chi connectivity index (χ3v) is 5.30. The van der Waals surface area contributed by atoms with Gasteiger partial charge in [-0.05, 0) is 43.5 Å². The van der Waals surface area contributed by atoms with Crippen molar-refractivity contribution in [3.63, 3.8) is 0 Å². The molecule has 1 aliphatic heterocycles. The van der Waals surface area contributed by atoms with E-state index in [1.54, 1.807) is 19.1 Å². The minimum atomic E-state index is -0.624. The van der Waals surface area contributed by atoms with Crippen molar-refractivity contribution in [1.82, 2.24) is 10.2 Å². The van der Waals surface area contributed by atoms with Crippen molar-refractivity contribution in [2.75, 3.05) is 6.54 Å². The van der Waals surface area contributed by atoms with Crippen LogP contribution in [0.3, 0.4) is 0 Å². The Morgan fingerprint density at radius 1 is 1.21 bits per heavy atom. The summed E-state index contributed by atoms with van der Waals surface area (Å²) < 4.78 is 0. The Kier molecular flexibility index (Phi) is 6.39. The SMILES string of the molecule is CC(NC(=O)C1CCCN1C(=O)c1cc(Cl)cc(Cl)c1)c1cccc([N+](=O)[O-])c1. The second-order valence-corrected chi connectivity index (χ2v) is 7.77. The molecule has 29 heavy (non-hydrogen) atoms. The van der Waals surface area contributed by atoms with Crippen LogP contribution in [0.25, 0.3) is 0 Å². The molecule has 0 aliphatic carbocycles. The Bertz CT molecular complexity index is 946. The van der Waals surface area contributed by atoms with E-state index in [1.165, 1.54) is 35.2 Å². The smallest absolute Gasteiger partial charge is 0.269 e. The normalized spacial score (nSPS) is 17.1. The molecule has 1 N–H and O–H groups in total. The van der Waals surface area contributed by atoms with Crippen molar-refractivity contribution < 1.29 is 14.5 Å². The summed E-state index contributed by atoms with van der Waals surface area (Å²) in [7, 11) is 0. The number of nitrogens with zero attached hydrogens (tertiary/aromatic N) is 2. The van der Waals surface area contributed by atoms with Crippen LogP contribution < -0.4 is 5.32 Å². The first kappa shape index (κ1) is 21.1. The number of nitro benzene ring substituents is 1. The summed E-state index contributed by atoms with van der Waals surface area (Å²) in [4.78, 5) is 37.7. The minimum Gasteiger partial charge on any atom is -0.348 e. The minimum absolute atomic E-state index is 0.0425. The van der Waals surface area contributed by atoms with Gasteiger partial charge in [-0.2, -0.15) is 0 Å². The third kappa shape index (κ3) is 4.86. The van der Waals surface area contributed by atoms with Gasteiger partial charge >= 0.3 is 0 Å². The molecule has 2 amide bonds. The average Bonchev–Trinajstić information content (AvgIpc) is 3.16. The molecule has 2 aromatic carbocycles. The molecule has 1 heterocycles. The van der Waals surface area contributed by atoms with Crippen LogP contribution in [-0.4, -0.2) is 34.2 Å². The van der Waals surface area contributed by atoms with E-state index in [0.717, 1.165) is 0 Å². The summed E-state index contributed by atoms with van der Waals surface area (Å²) in [6, 6.07) is 9.62. The molecule has 2 unspecified atom stereocenters. The highest BCUT2D eigenvalue weighted by Gasteiger charge is 2.35. The van der Waals surface area contributed by atoms with Gasteiger partial charge in [0.1, 0.15) is 6.04 Å². The molecule has 0 radical (unpaired) electrons. The van der Waals surface area contributed by atoms with E-state index in [4.69, 9.17) is 23.2 Å². The fraction of sp³-hybridized carbons (Fsp3) is 0.300. The number of benzene rings is 2. The van der Waals surface area contributed by atoms with Crippen molar-refractivity contribution in [1.29, 1.82) is 0 Å². The summed E-state index contributed by atoms with van der Waals surface area (Å²) >= 11 is 12.0. The molecule has 0 spiro atoms. The maximum atomic E-state index is 12.9. The molecule has 2 atom stereocenters. The highest BCUT2D eigenvalue weighted by molar-refractivity contribution is 6.35. The topological polar surface area (TPSA) is 92.6 Å². The molecule has 1 saturated heterocycles. The van der Waals surface area contributed by atoms with E-state index in [0.29, 0.717) is 40.6 Å². The fourth-order valence-corrected chi connectivity index (χ4v) is 3.95. The van der Waals surface area contributed by atoms with Gasteiger partial charge in [-0.25, -0.2) is 0 Å². The molecule has 0 bridgehead atoms. The average molecular weight is 436 g/mol. The number of hydrogen-bond donors (Lipinski definition) is 1. The van der Waals surface area contributed by atoms with Gasteiger partial charge in [-0.1, -0.05) is 35.3 Å². The van der Waals surface area contributed by atoms with Gasteiger partial charge in [0.05, 0.1) is 11.0 Å². The van der Waals surface area contributed by atoms with Gasteiger partial charge in [-0.3, -0.25) is 19.7 Å². The van der Waals surface area contributed by atoms with Crippen molar-refractivity contribution in [2.24, 2.45) is 0 Å². The lowest BCUT2D eigenvalue weighted by molar-refractivity contribution is -0.384. The largest absolute Gasteiger partial charge is 0.348 e.